The third-order valence-electron chi connectivity index (χ3n) is 1.65. The van der Waals surface area contributed by atoms with Gasteiger partial charge in [-0.25, -0.2) is 14.4 Å². The first-order chi connectivity index (χ1) is 4.70. The van der Waals surface area contributed by atoms with E-state index in [2.05, 4.69) is 0 Å². The summed E-state index contributed by atoms with van der Waals surface area (Å²) in [5.74, 6) is -0.0139. The summed E-state index contributed by atoms with van der Waals surface area (Å²) in [5.41, 5.74) is 0. The van der Waals surface area contributed by atoms with E-state index in [1.165, 1.54) is 0 Å². The van der Waals surface area contributed by atoms with E-state index in [9.17, 15) is 4.39 Å². The average Bonchev–Trinajstić information content (AvgIpc) is 1.88. The molecular formula is C7H13FN2. The van der Waals surface area contributed by atoms with Crippen molar-refractivity contribution in [3.8, 4) is 0 Å². The molecule has 2 nitrogen and oxygen atoms in total. The number of hydrogen-bond acceptors (Lipinski definition) is 2. The van der Waals surface area contributed by atoms with Crippen LogP contribution in [0.15, 0.2) is 11.9 Å². The van der Waals surface area contributed by atoms with Gasteiger partial charge in [-0.3, -0.25) is 0 Å². The Balaban J connectivity index is 2.45. The predicted molar refractivity (Wildman–Crippen MR) is 39.1 cm³/mol. The Kier molecular flexibility index (Phi) is 2.40. The molecule has 0 atom stereocenters. The minimum atomic E-state index is -0.0139. The molecule has 0 spiro atoms. The molecule has 0 saturated heterocycles. The first-order valence-electron chi connectivity index (χ1n) is 3.47. The minimum absolute atomic E-state index is 0.0139. The topological polar surface area (TPSA) is 6.48 Å². The molecule has 58 valence electrons. The van der Waals surface area contributed by atoms with Crippen molar-refractivity contribution in [2.75, 3.05) is 27.2 Å². The Morgan fingerprint density at radius 3 is 2.70 bits per heavy atom. The Labute approximate surface area is 60.9 Å². The third-order valence-corrected chi connectivity index (χ3v) is 1.65. The monoisotopic (exact) mass is 144 g/mol. The van der Waals surface area contributed by atoms with Crippen molar-refractivity contribution in [2.24, 2.45) is 0 Å². The highest BCUT2D eigenvalue weighted by molar-refractivity contribution is 4.98. The maximum Gasteiger partial charge on any atom is 0.111 e. The van der Waals surface area contributed by atoms with Crippen molar-refractivity contribution in [2.45, 2.75) is 6.42 Å². The van der Waals surface area contributed by atoms with Crippen LogP contribution < -0.4 is 0 Å². The van der Waals surface area contributed by atoms with Gasteiger partial charge in [-0.05, 0) is 6.42 Å². The molecule has 0 saturated carbocycles. The molecule has 0 unspecified atom stereocenters. The van der Waals surface area contributed by atoms with Gasteiger partial charge in [0, 0.05) is 20.6 Å². The first kappa shape index (κ1) is 7.69. The first-order valence-corrected chi connectivity index (χ1v) is 3.47. The molecule has 1 rings (SSSR count). The van der Waals surface area contributed by atoms with Crippen LogP contribution in [0.4, 0.5) is 4.39 Å². The van der Waals surface area contributed by atoms with E-state index in [0.717, 1.165) is 13.0 Å². The van der Waals surface area contributed by atoms with Crippen LogP contribution in [0, 0.1) is 0 Å². The Morgan fingerprint density at radius 2 is 2.30 bits per heavy atom. The summed E-state index contributed by atoms with van der Waals surface area (Å²) >= 11 is 0. The molecule has 10 heavy (non-hydrogen) atoms. The van der Waals surface area contributed by atoms with Crippen LogP contribution in [0.5, 0.6) is 0 Å². The fourth-order valence-electron chi connectivity index (χ4n) is 1.03. The van der Waals surface area contributed by atoms with Gasteiger partial charge in [0.2, 0.25) is 0 Å². The van der Waals surface area contributed by atoms with Crippen molar-refractivity contribution in [3.05, 3.63) is 11.9 Å². The average molecular weight is 144 g/mol. The maximum atomic E-state index is 12.6. The second kappa shape index (κ2) is 3.12. The van der Waals surface area contributed by atoms with Crippen molar-refractivity contribution in [1.82, 2.24) is 10.0 Å². The lowest BCUT2D eigenvalue weighted by molar-refractivity contribution is 0.0262. The van der Waals surface area contributed by atoms with Gasteiger partial charge in [0.15, 0.2) is 0 Å². The predicted octanol–water partition coefficient (Wildman–Crippen LogP) is 1.02. The van der Waals surface area contributed by atoms with E-state index < -0.39 is 0 Å². The summed E-state index contributed by atoms with van der Waals surface area (Å²) in [6.45, 7) is 1.37. The lowest BCUT2D eigenvalue weighted by Crippen LogP contribution is -2.40. The van der Waals surface area contributed by atoms with Crippen molar-refractivity contribution >= 4 is 0 Å². The highest BCUT2D eigenvalue weighted by Crippen LogP contribution is 2.10. The summed E-state index contributed by atoms with van der Waals surface area (Å²) in [6, 6.07) is 0. The highest BCUT2D eigenvalue weighted by atomic mass is 19.1. The van der Waals surface area contributed by atoms with E-state index in [1.807, 2.05) is 24.1 Å². The largest absolute Gasteiger partial charge is 0.248 e. The Hall–Kier alpha value is -0.410. The molecule has 0 fully saturated rings. The molecule has 0 N–H and O–H groups in total. The molecule has 0 aromatic rings. The Morgan fingerprint density at radius 1 is 1.60 bits per heavy atom. The standard InChI is InChI=1S/C7H13FN2/c1-9(2)10-5-3-4-7(8)6-10/h4H,3,5-6H2,1-2H3. The molecule has 1 aliphatic rings. The zero-order valence-electron chi connectivity index (χ0n) is 6.47. The van der Waals surface area contributed by atoms with E-state index in [0.29, 0.717) is 6.54 Å². The van der Waals surface area contributed by atoms with E-state index >= 15 is 0 Å². The van der Waals surface area contributed by atoms with Gasteiger partial charge in [-0.2, -0.15) is 0 Å². The molecule has 0 amide bonds. The quantitative estimate of drug-likeness (QED) is 0.542. The van der Waals surface area contributed by atoms with Crippen LogP contribution in [0.25, 0.3) is 0 Å². The molecule has 3 heteroatoms. The zero-order valence-corrected chi connectivity index (χ0v) is 6.47. The SMILES string of the molecule is CN(C)N1CCC=C(F)C1. The van der Waals surface area contributed by atoms with Gasteiger partial charge in [-0.15, -0.1) is 0 Å². The van der Waals surface area contributed by atoms with Gasteiger partial charge in [0.25, 0.3) is 0 Å². The number of halogens is 1. The number of hydrogen-bond donors (Lipinski definition) is 0. The molecule has 0 aliphatic carbocycles. The van der Waals surface area contributed by atoms with Gasteiger partial charge in [-0.1, -0.05) is 6.08 Å². The normalized spacial score (nSPS) is 21.4. The van der Waals surface area contributed by atoms with Gasteiger partial charge >= 0.3 is 0 Å². The lowest BCUT2D eigenvalue weighted by atomic mass is 10.3. The molecule has 0 bridgehead atoms. The summed E-state index contributed by atoms with van der Waals surface area (Å²) in [5, 5.41) is 3.89. The summed E-state index contributed by atoms with van der Waals surface area (Å²) in [4.78, 5) is 0. The molecule has 0 aromatic heterocycles. The molecule has 0 aromatic carbocycles. The number of rotatable bonds is 1. The second-order valence-corrected chi connectivity index (χ2v) is 2.68. The molecule has 0 radical (unpaired) electrons. The summed E-state index contributed by atoms with van der Waals surface area (Å²) in [7, 11) is 3.86. The van der Waals surface area contributed by atoms with Crippen LogP contribution >= 0.6 is 0 Å². The fraction of sp³-hybridized carbons (Fsp3) is 0.714. The molecule has 1 heterocycles. The fourth-order valence-corrected chi connectivity index (χ4v) is 1.03. The lowest BCUT2D eigenvalue weighted by Gasteiger charge is -2.30. The second-order valence-electron chi connectivity index (χ2n) is 2.68. The van der Waals surface area contributed by atoms with E-state index in [-0.39, 0.29) is 5.83 Å². The van der Waals surface area contributed by atoms with Crippen LogP contribution in [0.3, 0.4) is 0 Å². The van der Waals surface area contributed by atoms with Crippen LogP contribution in [0.1, 0.15) is 6.42 Å². The van der Waals surface area contributed by atoms with E-state index in [4.69, 9.17) is 0 Å². The van der Waals surface area contributed by atoms with Gasteiger partial charge in [0.1, 0.15) is 5.83 Å². The molecular weight excluding hydrogens is 131 g/mol. The molecule has 1 aliphatic heterocycles. The van der Waals surface area contributed by atoms with Gasteiger partial charge < -0.3 is 0 Å². The van der Waals surface area contributed by atoms with Gasteiger partial charge in [0.05, 0.1) is 6.54 Å². The minimum Gasteiger partial charge on any atom is -0.248 e. The maximum absolute atomic E-state index is 12.6. The summed E-state index contributed by atoms with van der Waals surface area (Å²) in [6.07, 6.45) is 2.48. The smallest absolute Gasteiger partial charge is 0.111 e. The third kappa shape index (κ3) is 1.78. The van der Waals surface area contributed by atoms with Crippen molar-refractivity contribution in [3.63, 3.8) is 0 Å². The van der Waals surface area contributed by atoms with Crippen molar-refractivity contribution < 1.29 is 4.39 Å². The van der Waals surface area contributed by atoms with Crippen LogP contribution in [-0.4, -0.2) is 37.2 Å². The van der Waals surface area contributed by atoms with Crippen molar-refractivity contribution in [1.29, 1.82) is 0 Å². The van der Waals surface area contributed by atoms with E-state index in [1.54, 1.807) is 6.08 Å². The number of nitrogens with zero attached hydrogens (tertiary/aromatic N) is 2. The zero-order chi connectivity index (χ0) is 7.56. The Bertz CT molecular complexity index is 143. The summed E-state index contributed by atoms with van der Waals surface area (Å²) < 4.78 is 12.6. The number of hydrazine groups is 1. The highest BCUT2D eigenvalue weighted by Gasteiger charge is 2.12. The van der Waals surface area contributed by atoms with Crippen LogP contribution in [-0.2, 0) is 0 Å². The van der Waals surface area contributed by atoms with Crippen LogP contribution in [0.2, 0.25) is 0 Å².